The van der Waals surface area contributed by atoms with Crippen LogP contribution in [0.15, 0.2) is 176 Å². The fraction of sp³-hybridized carbons (Fsp3) is 0.0426. The Morgan fingerprint density at radius 1 is 0.531 bits per heavy atom. The number of hydrogen-bond acceptors (Lipinski definition) is 1. The molecule has 1 unspecified atom stereocenters. The van der Waals surface area contributed by atoms with E-state index in [9.17, 15) is 0 Å². The van der Waals surface area contributed by atoms with Crippen LogP contribution in [0.1, 0.15) is 23.5 Å². The summed E-state index contributed by atoms with van der Waals surface area (Å²) in [7, 11) is 0. The van der Waals surface area contributed by atoms with Gasteiger partial charge in [-0.25, -0.2) is 0 Å². The van der Waals surface area contributed by atoms with Crippen LogP contribution in [0.5, 0.6) is 0 Å². The topological polar surface area (TPSA) is 17.8 Å². The lowest BCUT2D eigenvalue weighted by molar-refractivity contribution is 0.858. The lowest BCUT2D eigenvalue weighted by Crippen LogP contribution is -2.00. The summed E-state index contributed by atoms with van der Waals surface area (Å²) in [6.45, 7) is 0. The molecule has 0 aliphatic heterocycles. The molecule has 1 aliphatic rings. The van der Waals surface area contributed by atoms with Gasteiger partial charge in [0.05, 0.1) is 11.0 Å². The highest BCUT2D eigenvalue weighted by Crippen LogP contribution is 2.45. The molecule has 0 saturated heterocycles. The smallest absolute Gasteiger partial charge is 0.0571 e. The summed E-state index contributed by atoms with van der Waals surface area (Å²) < 4.78 is 2.35. The summed E-state index contributed by atoms with van der Waals surface area (Å²) in [4.78, 5) is 4.51. The van der Waals surface area contributed by atoms with E-state index >= 15 is 0 Å². The van der Waals surface area contributed by atoms with Crippen LogP contribution in [-0.2, 0) is 0 Å². The van der Waals surface area contributed by atoms with Gasteiger partial charge in [0.2, 0.25) is 0 Å². The van der Waals surface area contributed by atoms with Gasteiger partial charge in [0.15, 0.2) is 0 Å². The molecule has 2 nitrogen and oxygen atoms in total. The maximum Gasteiger partial charge on any atom is 0.0571 e. The molecule has 230 valence electrons. The standard InChI is InChI=1S/C47H32N2/c1-2-13-35(14-3-1)49-44-26-25-34(29-42(44)43-30-48-28-27-45(43)49)31-21-23-33(24-22-31)46-38-16-6-8-18-40(38)47(41-19-9-7-17-39(41)46)37-20-10-12-32-11-4-5-15-36(32)37/h1-21,23-31H,22H2. The molecule has 2 heterocycles. The fourth-order valence-corrected chi connectivity index (χ4v) is 8.20. The van der Waals surface area contributed by atoms with E-state index in [4.69, 9.17) is 0 Å². The van der Waals surface area contributed by atoms with Gasteiger partial charge in [0.1, 0.15) is 0 Å². The molecule has 1 atom stereocenters. The van der Waals surface area contributed by atoms with Crippen LogP contribution in [0.4, 0.5) is 0 Å². The first-order valence-electron chi connectivity index (χ1n) is 17.1. The highest BCUT2D eigenvalue weighted by atomic mass is 15.0. The van der Waals surface area contributed by atoms with Crippen molar-refractivity contribution in [3.8, 4) is 16.8 Å². The Labute approximate surface area is 284 Å². The number of nitrogens with zero attached hydrogens (tertiary/aromatic N) is 2. The van der Waals surface area contributed by atoms with E-state index in [2.05, 4.69) is 173 Å². The van der Waals surface area contributed by atoms with Gasteiger partial charge in [-0.1, -0.05) is 133 Å². The van der Waals surface area contributed by atoms with Gasteiger partial charge in [0.25, 0.3) is 0 Å². The quantitative estimate of drug-likeness (QED) is 0.178. The number of hydrogen-bond donors (Lipinski definition) is 0. The van der Waals surface area contributed by atoms with Gasteiger partial charge in [-0.2, -0.15) is 0 Å². The van der Waals surface area contributed by atoms with Crippen molar-refractivity contribution in [1.29, 1.82) is 0 Å². The zero-order valence-electron chi connectivity index (χ0n) is 26.9. The molecule has 0 N–H and O–H groups in total. The fourth-order valence-electron chi connectivity index (χ4n) is 8.20. The molecule has 9 aromatic rings. The molecule has 7 aromatic carbocycles. The lowest BCUT2D eigenvalue weighted by atomic mass is 9.82. The lowest BCUT2D eigenvalue weighted by Gasteiger charge is -2.22. The van der Waals surface area contributed by atoms with Crippen LogP contribution >= 0.6 is 0 Å². The molecule has 0 bridgehead atoms. The van der Waals surface area contributed by atoms with E-state index < -0.39 is 0 Å². The van der Waals surface area contributed by atoms with E-state index in [1.54, 1.807) is 0 Å². The van der Waals surface area contributed by atoms with Crippen molar-refractivity contribution in [2.24, 2.45) is 0 Å². The van der Waals surface area contributed by atoms with Crippen molar-refractivity contribution in [3.63, 3.8) is 0 Å². The number of rotatable bonds is 4. The second-order valence-electron chi connectivity index (χ2n) is 13.1. The van der Waals surface area contributed by atoms with Crippen molar-refractivity contribution in [3.05, 3.63) is 187 Å². The molecular weight excluding hydrogens is 593 g/mol. The number of para-hydroxylation sites is 1. The summed E-state index contributed by atoms with van der Waals surface area (Å²) in [5.41, 5.74) is 10.1. The second-order valence-corrected chi connectivity index (χ2v) is 13.1. The summed E-state index contributed by atoms with van der Waals surface area (Å²) in [5.74, 6) is 0.299. The maximum atomic E-state index is 4.51. The van der Waals surface area contributed by atoms with Crippen LogP contribution < -0.4 is 0 Å². The number of benzene rings is 7. The van der Waals surface area contributed by atoms with Crippen molar-refractivity contribution in [1.82, 2.24) is 9.55 Å². The highest BCUT2D eigenvalue weighted by Gasteiger charge is 2.21. The molecule has 0 amide bonds. The van der Waals surface area contributed by atoms with Crippen molar-refractivity contribution in [2.45, 2.75) is 12.3 Å². The average molecular weight is 625 g/mol. The first kappa shape index (κ1) is 27.8. The molecular formula is C47H32N2. The predicted octanol–water partition coefficient (Wildman–Crippen LogP) is 12.4. The first-order valence-corrected chi connectivity index (χ1v) is 17.1. The molecule has 1 aliphatic carbocycles. The highest BCUT2D eigenvalue weighted by molar-refractivity contribution is 6.22. The maximum absolute atomic E-state index is 4.51. The zero-order valence-corrected chi connectivity index (χ0v) is 26.9. The van der Waals surface area contributed by atoms with Crippen LogP contribution in [0, 0.1) is 0 Å². The van der Waals surface area contributed by atoms with E-state index in [1.165, 1.54) is 82.0 Å². The molecule has 0 radical (unpaired) electrons. The minimum absolute atomic E-state index is 0.299. The van der Waals surface area contributed by atoms with Crippen LogP contribution in [0.3, 0.4) is 0 Å². The normalized spacial score (nSPS) is 14.7. The van der Waals surface area contributed by atoms with Gasteiger partial charge in [-0.15, -0.1) is 0 Å². The summed E-state index contributed by atoms with van der Waals surface area (Å²) in [6.07, 6.45) is 12.1. The van der Waals surface area contributed by atoms with Gasteiger partial charge >= 0.3 is 0 Å². The second kappa shape index (κ2) is 11.2. The molecule has 10 rings (SSSR count). The van der Waals surface area contributed by atoms with Gasteiger partial charge in [-0.05, 0) is 96.9 Å². The molecule has 0 spiro atoms. The Bertz CT molecular complexity index is 2740. The number of pyridine rings is 1. The van der Waals surface area contributed by atoms with Crippen LogP contribution in [0.25, 0.3) is 76.5 Å². The van der Waals surface area contributed by atoms with E-state index in [0.29, 0.717) is 5.92 Å². The summed E-state index contributed by atoms with van der Waals surface area (Å²) >= 11 is 0. The Morgan fingerprint density at radius 3 is 1.92 bits per heavy atom. The minimum Gasteiger partial charge on any atom is -0.309 e. The largest absolute Gasteiger partial charge is 0.309 e. The average Bonchev–Trinajstić information content (AvgIpc) is 3.51. The number of allylic oxidation sites excluding steroid dienone is 4. The minimum atomic E-state index is 0.299. The van der Waals surface area contributed by atoms with Gasteiger partial charge < -0.3 is 4.57 Å². The van der Waals surface area contributed by atoms with Gasteiger partial charge in [0, 0.05) is 34.8 Å². The van der Waals surface area contributed by atoms with E-state index in [1.807, 2.05) is 12.4 Å². The van der Waals surface area contributed by atoms with Crippen molar-refractivity contribution in [2.75, 3.05) is 0 Å². The Balaban J connectivity index is 1.09. The summed E-state index contributed by atoms with van der Waals surface area (Å²) in [6, 6.07) is 53.1. The third-order valence-corrected chi connectivity index (χ3v) is 10.4. The molecule has 49 heavy (non-hydrogen) atoms. The van der Waals surface area contributed by atoms with Crippen molar-refractivity contribution >= 4 is 59.7 Å². The van der Waals surface area contributed by atoms with Crippen LogP contribution in [0.2, 0.25) is 0 Å². The predicted molar refractivity (Wildman–Crippen MR) is 207 cm³/mol. The SMILES string of the molecule is C1=CC(c2ccc3c(c2)c2cnccc2n3-c2ccccc2)CC=C1c1c2ccccc2c(-c2cccc3ccccc23)c2ccccc12. The monoisotopic (exact) mass is 624 g/mol. The van der Waals surface area contributed by atoms with E-state index in [-0.39, 0.29) is 0 Å². The van der Waals surface area contributed by atoms with Crippen molar-refractivity contribution < 1.29 is 0 Å². The first-order chi connectivity index (χ1) is 24.3. The molecule has 2 aromatic heterocycles. The zero-order chi connectivity index (χ0) is 32.3. The molecule has 0 fully saturated rings. The third kappa shape index (κ3) is 4.38. The summed E-state index contributed by atoms with van der Waals surface area (Å²) in [5, 5.41) is 10.1. The van der Waals surface area contributed by atoms with E-state index in [0.717, 1.165) is 12.1 Å². The van der Waals surface area contributed by atoms with Gasteiger partial charge in [-0.3, -0.25) is 4.98 Å². The number of fused-ring (bicyclic) bond motifs is 6. The third-order valence-electron chi connectivity index (χ3n) is 10.4. The Morgan fingerprint density at radius 2 is 1.18 bits per heavy atom. The van der Waals surface area contributed by atoms with Crippen LogP contribution in [-0.4, -0.2) is 9.55 Å². The molecule has 2 heteroatoms. The number of aromatic nitrogens is 2. The molecule has 0 saturated carbocycles. The Hall–Kier alpha value is -6.25. The Kier molecular flexibility index (Phi) is 6.35.